The number of benzene rings is 1. The zero-order valence-corrected chi connectivity index (χ0v) is 14.7. The van der Waals surface area contributed by atoms with E-state index in [0.717, 1.165) is 23.6 Å². The van der Waals surface area contributed by atoms with Crippen molar-refractivity contribution in [3.05, 3.63) is 51.7 Å². The summed E-state index contributed by atoms with van der Waals surface area (Å²) in [6, 6.07) is 12.2. The molecular formula is C17H20N3OS2+. The minimum absolute atomic E-state index is 0.0939. The van der Waals surface area contributed by atoms with Crippen LogP contribution in [0.25, 0.3) is 10.2 Å². The first-order chi connectivity index (χ1) is 11.2. The lowest BCUT2D eigenvalue weighted by Gasteiger charge is -2.15. The number of thiazole rings is 1. The molecule has 120 valence electrons. The van der Waals surface area contributed by atoms with Crippen LogP contribution >= 0.6 is 22.7 Å². The van der Waals surface area contributed by atoms with E-state index in [2.05, 4.69) is 23.3 Å². The SMILES string of the molecule is CC[NH+](CC(=O)NCc1cccs1)Cc1nc2ccccc2s1. The topological polar surface area (TPSA) is 46.4 Å². The minimum Gasteiger partial charge on any atom is -0.346 e. The summed E-state index contributed by atoms with van der Waals surface area (Å²) in [5.74, 6) is 0.0939. The highest BCUT2D eigenvalue weighted by Gasteiger charge is 2.15. The number of likely N-dealkylation sites (N-methyl/N-ethyl adjacent to an activating group) is 1. The number of carbonyl (C=O) groups excluding carboxylic acids is 1. The van der Waals surface area contributed by atoms with E-state index in [4.69, 9.17) is 0 Å². The van der Waals surface area contributed by atoms with Gasteiger partial charge in [0.05, 0.1) is 23.3 Å². The van der Waals surface area contributed by atoms with Gasteiger partial charge >= 0.3 is 0 Å². The van der Waals surface area contributed by atoms with Crippen molar-refractivity contribution >= 4 is 38.8 Å². The van der Waals surface area contributed by atoms with E-state index >= 15 is 0 Å². The molecule has 2 aromatic heterocycles. The number of nitrogens with one attached hydrogen (secondary N) is 2. The van der Waals surface area contributed by atoms with Crippen molar-refractivity contribution in [2.24, 2.45) is 0 Å². The maximum Gasteiger partial charge on any atom is 0.275 e. The van der Waals surface area contributed by atoms with Gasteiger partial charge in [0.1, 0.15) is 11.6 Å². The summed E-state index contributed by atoms with van der Waals surface area (Å²) in [5.41, 5.74) is 1.05. The molecule has 23 heavy (non-hydrogen) atoms. The Bertz CT molecular complexity index is 734. The van der Waals surface area contributed by atoms with Crippen LogP contribution in [0.2, 0.25) is 0 Å². The number of fused-ring (bicyclic) bond motifs is 1. The van der Waals surface area contributed by atoms with Crippen LogP contribution in [0.15, 0.2) is 41.8 Å². The highest BCUT2D eigenvalue weighted by molar-refractivity contribution is 7.18. The second kappa shape index (κ2) is 7.68. The molecule has 0 spiro atoms. The average molecular weight is 347 g/mol. The fraction of sp³-hybridized carbons (Fsp3) is 0.294. The Morgan fingerprint density at radius 3 is 2.87 bits per heavy atom. The van der Waals surface area contributed by atoms with E-state index in [9.17, 15) is 4.79 Å². The molecule has 1 unspecified atom stereocenters. The number of thiophene rings is 1. The molecule has 0 aliphatic heterocycles. The summed E-state index contributed by atoms with van der Waals surface area (Å²) >= 11 is 3.38. The Balaban J connectivity index is 1.55. The zero-order chi connectivity index (χ0) is 16.1. The van der Waals surface area contributed by atoms with Gasteiger partial charge in [-0.1, -0.05) is 18.2 Å². The summed E-state index contributed by atoms with van der Waals surface area (Å²) in [6.07, 6.45) is 0. The van der Waals surface area contributed by atoms with Crippen LogP contribution in [-0.4, -0.2) is 24.0 Å². The second-order valence-electron chi connectivity index (χ2n) is 5.39. The highest BCUT2D eigenvalue weighted by atomic mass is 32.1. The fourth-order valence-electron chi connectivity index (χ4n) is 2.41. The predicted octanol–water partition coefficient (Wildman–Crippen LogP) is 2.08. The zero-order valence-electron chi connectivity index (χ0n) is 13.0. The van der Waals surface area contributed by atoms with Crippen molar-refractivity contribution in [1.29, 1.82) is 0 Å². The number of rotatable bonds is 7. The largest absolute Gasteiger partial charge is 0.346 e. The molecule has 2 N–H and O–H groups in total. The van der Waals surface area contributed by atoms with Gasteiger partial charge in [-0.05, 0) is 30.5 Å². The van der Waals surface area contributed by atoms with Crippen molar-refractivity contribution in [2.45, 2.75) is 20.0 Å². The lowest BCUT2D eigenvalue weighted by atomic mass is 10.3. The van der Waals surface area contributed by atoms with E-state index in [-0.39, 0.29) is 5.91 Å². The first kappa shape index (κ1) is 16.1. The normalized spacial score (nSPS) is 12.4. The maximum absolute atomic E-state index is 12.1. The van der Waals surface area contributed by atoms with Gasteiger partial charge in [0, 0.05) is 4.88 Å². The number of aromatic nitrogens is 1. The summed E-state index contributed by atoms with van der Waals surface area (Å²) < 4.78 is 1.21. The number of para-hydroxylation sites is 1. The van der Waals surface area contributed by atoms with Crippen LogP contribution in [0.1, 0.15) is 16.8 Å². The Labute approximate surface area is 143 Å². The van der Waals surface area contributed by atoms with Gasteiger partial charge < -0.3 is 10.2 Å². The molecule has 2 heterocycles. The van der Waals surface area contributed by atoms with Gasteiger partial charge in [0.25, 0.3) is 5.91 Å². The van der Waals surface area contributed by atoms with E-state index in [1.54, 1.807) is 22.7 Å². The molecule has 0 bridgehead atoms. The van der Waals surface area contributed by atoms with Gasteiger partial charge in [-0.15, -0.1) is 22.7 Å². The first-order valence-electron chi connectivity index (χ1n) is 7.71. The Hall–Kier alpha value is -1.76. The van der Waals surface area contributed by atoms with Gasteiger partial charge in [0.15, 0.2) is 6.54 Å². The summed E-state index contributed by atoms with van der Waals surface area (Å²) in [5, 5.41) is 6.11. The molecule has 1 amide bonds. The van der Waals surface area contributed by atoms with E-state index < -0.39 is 0 Å². The number of carbonyl (C=O) groups is 1. The third-order valence-corrected chi connectivity index (χ3v) is 5.60. The van der Waals surface area contributed by atoms with Crippen molar-refractivity contribution in [3.63, 3.8) is 0 Å². The molecule has 0 aliphatic carbocycles. The molecule has 3 aromatic rings. The summed E-state index contributed by atoms with van der Waals surface area (Å²) in [4.78, 5) is 19.2. The summed E-state index contributed by atoms with van der Waals surface area (Å²) in [6.45, 7) is 4.91. The Kier molecular flexibility index (Phi) is 5.38. The smallest absolute Gasteiger partial charge is 0.275 e. The molecule has 0 saturated carbocycles. The van der Waals surface area contributed by atoms with Crippen LogP contribution in [0, 0.1) is 0 Å². The van der Waals surface area contributed by atoms with Crippen LogP contribution in [0.3, 0.4) is 0 Å². The number of hydrogen-bond acceptors (Lipinski definition) is 4. The molecule has 0 aliphatic rings. The van der Waals surface area contributed by atoms with Crippen LogP contribution in [0.4, 0.5) is 0 Å². The maximum atomic E-state index is 12.1. The Morgan fingerprint density at radius 2 is 2.13 bits per heavy atom. The van der Waals surface area contributed by atoms with E-state index in [0.29, 0.717) is 13.1 Å². The number of hydrogen-bond donors (Lipinski definition) is 2. The quantitative estimate of drug-likeness (QED) is 0.688. The first-order valence-corrected chi connectivity index (χ1v) is 9.41. The van der Waals surface area contributed by atoms with E-state index in [1.807, 2.05) is 35.7 Å². The monoisotopic (exact) mass is 346 g/mol. The molecule has 0 radical (unpaired) electrons. The highest BCUT2D eigenvalue weighted by Crippen LogP contribution is 2.20. The molecular weight excluding hydrogens is 326 g/mol. The van der Waals surface area contributed by atoms with Crippen molar-refractivity contribution in [1.82, 2.24) is 10.3 Å². The van der Waals surface area contributed by atoms with E-state index in [1.165, 1.54) is 14.5 Å². The second-order valence-corrected chi connectivity index (χ2v) is 7.54. The third-order valence-electron chi connectivity index (χ3n) is 3.69. The number of amides is 1. The molecule has 1 aromatic carbocycles. The lowest BCUT2D eigenvalue weighted by molar-refractivity contribution is -0.904. The predicted molar refractivity (Wildman–Crippen MR) is 95.9 cm³/mol. The van der Waals surface area contributed by atoms with Crippen LogP contribution in [-0.2, 0) is 17.9 Å². The molecule has 3 rings (SSSR count). The van der Waals surface area contributed by atoms with Gasteiger partial charge in [0.2, 0.25) is 0 Å². The van der Waals surface area contributed by atoms with Crippen LogP contribution in [0.5, 0.6) is 0 Å². The molecule has 6 heteroatoms. The minimum atomic E-state index is 0.0939. The van der Waals surface area contributed by atoms with Gasteiger partial charge in [-0.25, -0.2) is 4.98 Å². The number of quaternary nitrogens is 1. The lowest BCUT2D eigenvalue weighted by Crippen LogP contribution is -3.11. The molecule has 1 atom stereocenters. The average Bonchev–Trinajstić information content (AvgIpc) is 3.21. The molecule has 0 saturated heterocycles. The van der Waals surface area contributed by atoms with Crippen molar-refractivity contribution < 1.29 is 9.69 Å². The molecule has 0 fully saturated rings. The third kappa shape index (κ3) is 4.37. The fourth-order valence-corrected chi connectivity index (χ4v) is 4.09. The van der Waals surface area contributed by atoms with Crippen molar-refractivity contribution in [2.75, 3.05) is 13.1 Å². The van der Waals surface area contributed by atoms with Gasteiger partial charge in [-0.2, -0.15) is 0 Å². The van der Waals surface area contributed by atoms with Crippen LogP contribution < -0.4 is 10.2 Å². The number of nitrogens with zero attached hydrogens (tertiary/aromatic N) is 1. The van der Waals surface area contributed by atoms with Gasteiger partial charge in [-0.3, -0.25) is 4.79 Å². The van der Waals surface area contributed by atoms with Crippen molar-refractivity contribution in [3.8, 4) is 0 Å². The molecule has 4 nitrogen and oxygen atoms in total. The summed E-state index contributed by atoms with van der Waals surface area (Å²) in [7, 11) is 0. The Morgan fingerprint density at radius 1 is 1.26 bits per heavy atom. The standard InChI is InChI=1S/C17H19N3OS2/c1-2-20(11-16(21)18-10-13-6-5-9-22-13)12-17-19-14-7-3-4-8-15(14)23-17/h3-9H,2,10-12H2,1H3,(H,18,21)/p+1.